The Bertz CT molecular complexity index is 687. The fraction of sp³-hybridized carbons (Fsp3) is 0.696. The number of nitrogens with zero attached hydrogens (tertiary/aromatic N) is 2. The second-order valence-electron chi connectivity index (χ2n) is 8.64. The van der Waals surface area contributed by atoms with Gasteiger partial charge in [-0.2, -0.15) is 13.2 Å². The van der Waals surface area contributed by atoms with E-state index >= 15 is 0 Å². The number of piperidine rings is 1. The van der Waals surface area contributed by atoms with Crippen molar-refractivity contribution in [3.8, 4) is 0 Å². The average molecular weight is 426 g/mol. The monoisotopic (exact) mass is 425 g/mol. The van der Waals surface area contributed by atoms with Crippen LogP contribution >= 0.6 is 0 Å². The predicted octanol–water partition coefficient (Wildman–Crippen LogP) is 4.30. The first-order valence-electron chi connectivity index (χ1n) is 11.2. The standard InChI is InChI=1S/C23H34F3N3O/c1-2-29-13-5-7-20(29)16-27-22(30)10-9-18-11-14-28(15-12-18)17-19-6-3-4-8-21(19)23(24,25)26/h3-4,6,8,18,20H,2,5,7,9-17H2,1H3,(H,27,30)/t20-/m0/s1. The smallest absolute Gasteiger partial charge is 0.355 e. The topological polar surface area (TPSA) is 35.6 Å². The quantitative estimate of drug-likeness (QED) is 0.675. The van der Waals surface area contributed by atoms with Crippen molar-refractivity contribution in [2.75, 3.05) is 32.7 Å². The predicted molar refractivity (Wildman–Crippen MR) is 112 cm³/mol. The van der Waals surface area contributed by atoms with Crippen molar-refractivity contribution in [1.82, 2.24) is 15.1 Å². The number of carbonyl (C=O) groups is 1. The highest BCUT2D eigenvalue weighted by Gasteiger charge is 2.33. The van der Waals surface area contributed by atoms with Gasteiger partial charge in [0.15, 0.2) is 0 Å². The minimum absolute atomic E-state index is 0.125. The molecule has 2 heterocycles. The molecular weight excluding hydrogens is 391 g/mol. The molecule has 30 heavy (non-hydrogen) atoms. The maximum atomic E-state index is 13.2. The van der Waals surface area contributed by atoms with Crippen molar-refractivity contribution in [3.63, 3.8) is 0 Å². The van der Waals surface area contributed by atoms with E-state index in [4.69, 9.17) is 0 Å². The van der Waals surface area contributed by atoms with Gasteiger partial charge in [0.2, 0.25) is 5.91 Å². The number of likely N-dealkylation sites (tertiary alicyclic amines) is 2. The van der Waals surface area contributed by atoms with Crippen LogP contribution in [0, 0.1) is 5.92 Å². The van der Waals surface area contributed by atoms with Gasteiger partial charge in [0.25, 0.3) is 0 Å². The zero-order chi connectivity index (χ0) is 21.6. The van der Waals surface area contributed by atoms with Gasteiger partial charge in [0, 0.05) is 25.6 Å². The van der Waals surface area contributed by atoms with Crippen molar-refractivity contribution in [2.45, 2.75) is 64.2 Å². The van der Waals surface area contributed by atoms with Crippen molar-refractivity contribution >= 4 is 5.91 Å². The Kier molecular flexibility index (Phi) is 8.17. The fourth-order valence-corrected chi connectivity index (χ4v) is 4.81. The molecule has 2 saturated heterocycles. The van der Waals surface area contributed by atoms with Crippen LogP contribution in [0.3, 0.4) is 0 Å². The van der Waals surface area contributed by atoms with Gasteiger partial charge in [-0.05, 0) is 75.8 Å². The van der Waals surface area contributed by atoms with Crippen LogP contribution in [0.5, 0.6) is 0 Å². The molecule has 0 aliphatic carbocycles. The molecule has 2 fully saturated rings. The number of nitrogens with one attached hydrogen (secondary N) is 1. The summed E-state index contributed by atoms with van der Waals surface area (Å²) in [7, 11) is 0. The first kappa shape index (κ1) is 23.1. The normalized spacial score (nSPS) is 21.8. The zero-order valence-electron chi connectivity index (χ0n) is 17.9. The molecule has 0 saturated carbocycles. The second kappa shape index (κ2) is 10.6. The Labute approximate surface area is 177 Å². The molecule has 1 atom stereocenters. The summed E-state index contributed by atoms with van der Waals surface area (Å²) >= 11 is 0. The molecule has 0 spiro atoms. The highest BCUT2D eigenvalue weighted by Crippen LogP contribution is 2.33. The van der Waals surface area contributed by atoms with Crippen molar-refractivity contribution in [1.29, 1.82) is 0 Å². The number of alkyl halides is 3. The number of hydrogen-bond donors (Lipinski definition) is 1. The van der Waals surface area contributed by atoms with Gasteiger partial charge in [-0.1, -0.05) is 25.1 Å². The molecule has 7 heteroatoms. The molecule has 4 nitrogen and oxygen atoms in total. The molecule has 1 aromatic carbocycles. The zero-order valence-corrected chi connectivity index (χ0v) is 17.9. The summed E-state index contributed by atoms with van der Waals surface area (Å²) in [6.07, 6.45) is 1.34. The second-order valence-corrected chi connectivity index (χ2v) is 8.64. The summed E-state index contributed by atoms with van der Waals surface area (Å²) in [6.45, 7) is 6.96. The molecule has 168 valence electrons. The SMILES string of the molecule is CCN1CCC[C@H]1CNC(=O)CCC1CCN(Cc2ccccc2C(F)(F)F)CC1. The lowest BCUT2D eigenvalue weighted by Gasteiger charge is -2.32. The van der Waals surface area contributed by atoms with E-state index in [0.717, 1.165) is 64.5 Å². The average Bonchev–Trinajstić information content (AvgIpc) is 3.19. The lowest BCUT2D eigenvalue weighted by atomic mass is 9.91. The van der Waals surface area contributed by atoms with E-state index in [2.05, 4.69) is 22.0 Å². The number of halogens is 3. The van der Waals surface area contributed by atoms with E-state index in [-0.39, 0.29) is 5.91 Å². The summed E-state index contributed by atoms with van der Waals surface area (Å²) in [6, 6.07) is 6.31. The minimum atomic E-state index is -4.31. The molecule has 0 aromatic heterocycles. The molecule has 2 aliphatic rings. The summed E-state index contributed by atoms with van der Waals surface area (Å²) in [5, 5.41) is 3.09. The Morgan fingerprint density at radius 2 is 1.87 bits per heavy atom. The van der Waals surface area contributed by atoms with Crippen LogP contribution in [0.2, 0.25) is 0 Å². The molecule has 2 aliphatic heterocycles. The lowest BCUT2D eigenvalue weighted by Crippen LogP contribution is -2.40. The number of rotatable bonds is 8. The number of carbonyl (C=O) groups excluding carboxylic acids is 1. The van der Waals surface area contributed by atoms with E-state index in [9.17, 15) is 18.0 Å². The van der Waals surface area contributed by atoms with Crippen LogP contribution in [0.25, 0.3) is 0 Å². The van der Waals surface area contributed by atoms with Gasteiger partial charge in [-0.25, -0.2) is 0 Å². The summed E-state index contributed by atoms with van der Waals surface area (Å²) in [5.41, 5.74) is -0.191. The van der Waals surface area contributed by atoms with Gasteiger partial charge in [0.1, 0.15) is 0 Å². The molecule has 0 bridgehead atoms. The Morgan fingerprint density at radius 3 is 2.57 bits per heavy atom. The summed E-state index contributed by atoms with van der Waals surface area (Å²) in [4.78, 5) is 16.7. The van der Waals surface area contributed by atoms with E-state index in [1.165, 1.54) is 12.5 Å². The van der Waals surface area contributed by atoms with Gasteiger partial charge in [-0.3, -0.25) is 14.6 Å². The van der Waals surface area contributed by atoms with E-state index < -0.39 is 11.7 Å². The van der Waals surface area contributed by atoms with Crippen LogP contribution in [-0.4, -0.2) is 54.5 Å². The Balaban J connectivity index is 1.36. The van der Waals surface area contributed by atoms with E-state index in [1.807, 2.05) is 0 Å². The third-order valence-corrected chi connectivity index (χ3v) is 6.64. The van der Waals surface area contributed by atoms with Gasteiger partial charge in [-0.15, -0.1) is 0 Å². The van der Waals surface area contributed by atoms with Crippen LogP contribution in [-0.2, 0) is 17.5 Å². The van der Waals surface area contributed by atoms with Crippen molar-refractivity contribution in [2.24, 2.45) is 5.92 Å². The van der Waals surface area contributed by atoms with Gasteiger partial charge < -0.3 is 5.32 Å². The number of amides is 1. The first-order chi connectivity index (χ1) is 14.4. The first-order valence-corrected chi connectivity index (χ1v) is 11.2. The highest BCUT2D eigenvalue weighted by atomic mass is 19.4. The Morgan fingerprint density at radius 1 is 1.13 bits per heavy atom. The van der Waals surface area contributed by atoms with Crippen molar-refractivity contribution < 1.29 is 18.0 Å². The lowest BCUT2D eigenvalue weighted by molar-refractivity contribution is -0.138. The fourth-order valence-electron chi connectivity index (χ4n) is 4.81. The molecular formula is C23H34F3N3O. The summed E-state index contributed by atoms with van der Waals surface area (Å²) < 4.78 is 39.6. The van der Waals surface area contributed by atoms with E-state index in [0.29, 0.717) is 30.5 Å². The molecule has 3 rings (SSSR count). The van der Waals surface area contributed by atoms with E-state index in [1.54, 1.807) is 12.1 Å². The summed E-state index contributed by atoms with van der Waals surface area (Å²) in [5.74, 6) is 0.600. The molecule has 1 amide bonds. The van der Waals surface area contributed by atoms with Crippen molar-refractivity contribution in [3.05, 3.63) is 35.4 Å². The molecule has 0 unspecified atom stereocenters. The minimum Gasteiger partial charge on any atom is -0.355 e. The molecule has 1 N–H and O–H groups in total. The number of hydrogen-bond acceptors (Lipinski definition) is 3. The van der Waals surface area contributed by atoms with Crippen LogP contribution < -0.4 is 5.32 Å². The maximum Gasteiger partial charge on any atom is 0.416 e. The molecule has 0 radical (unpaired) electrons. The third-order valence-electron chi connectivity index (χ3n) is 6.64. The number of likely N-dealkylation sites (N-methyl/N-ethyl adjacent to an activating group) is 1. The van der Waals surface area contributed by atoms with Crippen LogP contribution in [0.1, 0.15) is 56.6 Å². The highest BCUT2D eigenvalue weighted by molar-refractivity contribution is 5.75. The van der Waals surface area contributed by atoms with Gasteiger partial charge >= 0.3 is 6.18 Å². The molecule has 1 aromatic rings. The van der Waals surface area contributed by atoms with Crippen LogP contribution in [0.4, 0.5) is 13.2 Å². The third kappa shape index (κ3) is 6.45. The van der Waals surface area contributed by atoms with Crippen LogP contribution in [0.15, 0.2) is 24.3 Å². The van der Waals surface area contributed by atoms with Gasteiger partial charge in [0.05, 0.1) is 5.56 Å². The maximum absolute atomic E-state index is 13.2. The Hall–Kier alpha value is -1.60. The largest absolute Gasteiger partial charge is 0.416 e. The number of benzene rings is 1.